The summed E-state index contributed by atoms with van der Waals surface area (Å²) in [6, 6.07) is 0. The molecule has 7 N–H and O–H groups in total. The highest BCUT2D eigenvalue weighted by atomic mass is 16.7. The molecule has 0 aromatic heterocycles. The van der Waals surface area contributed by atoms with E-state index in [4.69, 9.17) is 28.5 Å². The van der Waals surface area contributed by atoms with E-state index < -0.39 is 85.8 Å². The average Bonchev–Trinajstić information content (AvgIpc) is 3.29. The molecule has 10 atom stereocenters. The minimum atomic E-state index is -1.78. The lowest BCUT2D eigenvalue weighted by Crippen LogP contribution is -2.65. The van der Waals surface area contributed by atoms with Crippen LogP contribution < -0.4 is 5.32 Å². The fraction of sp³-hybridized carbons (Fsp3) is 0.840. The van der Waals surface area contributed by atoms with Gasteiger partial charge in [-0.2, -0.15) is 0 Å². The van der Waals surface area contributed by atoms with Gasteiger partial charge in [-0.15, -0.1) is 5.06 Å². The Bertz CT molecular complexity index is 936. The van der Waals surface area contributed by atoms with Gasteiger partial charge in [0.25, 0.3) is 11.8 Å². The zero-order valence-corrected chi connectivity index (χ0v) is 23.6. The zero-order chi connectivity index (χ0) is 31.7. The van der Waals surface area contributed by atoms with Gasteiger partial charge >= 0.3 is 5.97 Å². The fourth-order valence-electron chi connectivity index (χ4n) is 4.65. The molecular weight excluding hydrogens is 584 g/mol. The quantitative estimate of drug-likeness (QED) is 0.0669. The molecule has 0 saturated carbocycles. The third-order valence-electron chi connectivity index (χ3n) is 7.05. The summed E-state index contributed by atoms with van der Waals surface area (Å²) in [5.74, 6) is -2.26. The number of hydroxylamine groups is 2. The van der Waals surface area contributed by atoms with Gasteiger partial charge in [-0.1, -0.05) is 0 Å². The van der Waals surface area contributed by atoms with E-state index in [1.807, 2.05) is 0 Å². The van der Waals surface area contributed by atoms with Crippen molar-refractivity contribution in [3.63, 3.8) is 0 Å². The molecule has 0 radical (unpaired) electrons. The number of aliphatic hydroxyl groups is 6. The Morgan fingerprint density at radius 3 is 2.19 bits per heavy atom. The van der Waals surface area contributed by atoms with Crippen molar-refractivity contribution >= 4 is 23.7 Å². The van der Waals surface area contributed by atoms with Gasteiger partial charge in [0.2, 0.25) is 5.91 Å². The first-order chi connectivity index (χ1) is 20.5. The number of ether oxygens (including phenoxy) is 5. The van der Waals surface area contributed by atoms with E-state index in [-0.39, 0.29) is 57.8 Å². The summed E-state index contributed by atoms with van der Waals surface area (Å²) < 4.78 is 27.1. The van der Waals surface area contributed by atoms with Crippen LogP contribution in [0.3, 0.4) is 0 Å². The van der Waals surface area contributed by atoms with E-state index in [1.165, 1.54) is 7.11 Å². The van der Waals surface area contributed by atoms with Gasteiger partial charge in [0.15, 0.2) is 12.6 Å². The molecule has 246 valence electrons. The predicted octanol–water partition coefficient (Wildman–Crippen LogP) is -4.43. The largest absolute Gasteiger partial charge is 0.394 e. The number of methoxy groups -OCH3 is 1. The van der Waals surface area contributed by atoms with Gasteiger partial charge < -0.3 is 64.5 Å². The minimum Gasteiger partial charge on any atom is -0.394 e. The van der Waals surface area contributed by atoms with Crippen molar-refractivity contribution < 1.29 is 78.3 Å². The molecule has 0 aromatic carbocycles. The van der Waals surface area contributed by atoms with E-state index >= 15 is 0 Å². The maximum atomic E-state index is 12.1. The SMILES string of the molecule is COCC1O[C@H](OCCNC(=O)CCCCC(=O)ON2C(=O)CCC2=O)C(O)C(O[C@H]2OC(CO)[C@@H](O)C(O)C2O)[C@@H]1O. The summed E-state index contributed by atoms with van der Waals surface area (Å²) in [4.78, 5) is 51.6. The molecule has 43 heavy (non-hydrogen) atoms. The summed E-state index contributed by atoms with van der Waals surface area (Å²) >= 11 is 0. The van der Waals surface area contributed by atoms with Crippen LogP contribution in [-0.4, -0.2) is 154 Å². The number of imide groups is 1. The summed E-state index contributed by atoms with van der Waals surface area (Å²) in [6.07, 6.45) is -14.6. The highest BCUT2D eigenvalue weighted by Crippen LogP contribution is 2.29. The number of carbonyl (C=O) groups is 4. The lowest BCUT2D eigenvalue weighted by Gasteiger charge is -2.46. The smallest absolute Gasteiger partial charge is 0.333 e. The van der Waals surface area contributed by atoms with Crippen LogP contribution in [0.4, 0.5) is 0 Å². The van der Waals surface area contributed by atoms with Crippen LogP contribution >= 0.6 is 0 Å². The number of unbranched alkanes of at least 4 members (excludes halogenated alkanes) is 1. The molecule has 3 aliphatic rings. The van der Waals surface area contributed by atoms with Crippen molar-refractivity contribution in [3.8, 4) is 0 Å². The number of carbonyl (C=O) groups excluding carboxylic acids is 4. The average molecular weight is 625 g/mol. The predicted molar refractivity (Wildman–Crippen MR) is 136 cm³/mol. The highest BCUT2D eigenvalue weighted by Gasteiger charge is 2.51. The monoisotopic (exact) mass is 624 g/mol. The Balaban J connectivity index is 1.41. The van der Waals surface area contributed by atoms with Crippen LogP contribution in [0.15, 0.2) is 0 Å². The number of nitrogens with zero attached hydrogens (tertiary/aromatic N) is 1. The first-order valence-electron chi connectivity index (χ1n) is 13.9. The van der Waals surface area contributed by atoms with Crippen molar-refractivity contribution in [3.05, 3.63) is 0 Å². The van der Waals surface area contributed by atoms with E-state index in [0.717, 1.165) is 0 Å². The van der Waals surface area contributed by atoms with Gasteiger partial charge in [0, 0.05) is 39.3 Å². The minimum absolute atomic E-state index is 0.00235. The summed E-state index contributed by atoms with van der Waals surface area (Å²) in [7, 11) is 1.35. The molecule has 0 aromatic rings. The number of rotatable bonds is 15. The van der Waals surface area contributed by atoms with Crippen LogP contribution in [0.1, 0.15) is 38.5 Å². The van der Waals surface area contributed by atoms with Crippen molar-refractivity contribution in [2.75, 3.05) is 33.5 Å². The van der Waals surface area contributed by atoms with E-state index in [1.54, 1.807) is 0 Å². The third kappa shape index (κ3) is 9.32. The second kappa shape index (κ2) is 16.6. The summed E-state index contributed by atoms with van der Waals surface area (Å²) in [6.45, 7) is -0.983. The topological polar surface area (TPSA) is 260 Å². The summed E-state index contributed by atoms with van der Waals surface area (Å²) in [5.41, 5.74) is 0. The highest BCUT2D eigenvalue weighted by molar-refractivity contribution is 6.01. The van der Waals surface area contributed by atoms with Crippen LogP contribution in [-0.2, 0) is 47.7 Å². The van der Waals surface area contributed by atoms with Gasteiger partial charge in [-0.3, -0.25) is 14.4 Å². The number of aliphatic hydroxyl groups excluding tert-OH is 6. The Morgan fingerprint density at radius 1 is 0.884 bits per heavy atom. The van der Waals surface area contributed by atoms with Crippen LogP contribution in [0, 0.1) is 0 Å². The Morgan fingerprint density at radius 2 is 1.53 bits per heavy atom. The van der Waals surface area contributed by atoms with Gasteiger partial charge in [-0.05, 0) is 12.8 Å². The molecule has 0 aliphatic carbocycles. The maximum absolute atomic E-state index is 12.1. The number of hydrogen-bond acceptors (Lipinski definition) is 16. The fourth-order valence-corrected chi connectivity index (χ4v) is 4.65. The van der Waals surface area contributed by atoms with Crippen molar-refractivity contribution in [1.29, 1.82) is 0 Å². The molecule has 3 fully saturated rings. The molecule has 18 nitrogen and oxygen atoms in total. The Labute approximate surface area is 246 Å². The first-order valence-corrected chi connectivity index (χ1v) is 13.9. The maximum Gasteiger partial charge on any atom is 0.333 e. The molecule has 6 unspecified atom stereocenters. The molecule has 3 rings (SSSR count). The third-order valence-corrected chi connectivity index (χ3v) is 7.05. The van der Waals surface area contributed by atoms with Gasteiger partial charge in [-0.25, -0.2) is 4.79 Å². The zero-order valence-electron chi connectivity index (χ0n) is 23.6. The lowest BCUT2D eigenvalue weighted by atomic mass is 9.97. The Hall–Kier alpha value is -2.36. The Kier molecular flexibility index (Phi) is 13.6. The molecule has 18 heteroatoms. The van der Waals surface area contributed by atoms with E-state index in [0.29, 0.717) is 11.5 Å². The number of amides is 3. The molecule has 3 aliphatic heterocycles. The molecule has 3 saturated heterocycles. The van der Waals surface area contributed by atoms with Gasteiger partial charge in [0.05, 0.1) is 19.8 Å². The summed E-state index contributed by atoms with van der Waals surface area (Å²) in [5, 5.41) is 64.3. The molecule has 0 bridgehead atoms. The van der Waals surface area contributed by atoms with Crippen molar-refractivity contribution in [2.45, 2.75) is 99.9 Å². The van der Waals surface area contributed by atoms with Crippen LogP contribution in [0.2, 0.25) is 0 Å². The lowest BCUT2D eigenvalue weighted by molar-refractivity contribution is -0.360. The molecule has 3 heterocycles. The standard InChI is InChI=1S/C25H40N2O16/c1-38-11-13-19(34)23(42-25-21(36)20(35)18(33)12(10-28)40-25)22(37)24(41-13)39-9-8-26-14(29)4-2-3-5-17(32)43-27-15(30)6-7-16(27)31/h12-13,18-25,28,33-37H,2-11H2,1H3,(H,26,29)/t12?,13?,18-,19-,20?,21?,22?,23?,24+,25-/m1/s1. The second-order valence-corrected chi connectivity index (χ2v) is 10.3. The van der Waals surface area contributed by atoms with E-state index in [2.05, 4.69) is 5.32 Å². The number of hydrogen-bond donors (Lipinski definition) is 7. The molecule has 0 spiro atoms. The molecule has 3 amide bonds. The van der Waals surface area contributed by atoms with Crippen LogP contribution in [0.25, 0.3) is 0 Å². The first kappa shape index (κ1) is 35.1. The van der Waals surface area contributed by atoms with Crippen molar-refractivity contribution in [2.24, 2.45) is 0 Å². The van der Waals surface area contributed by atoms with Crippen LogP contribution in [0.5, 0.6) is 0 Å². The number of nitrogens with one attached hydrogen (secondary N) is 1. The van der Waals surface area contributed by atoms with Gasteiger partial charge in [0.1, 0.15) is 48.8 Å². The molecular formula is C25H40N2O16. The second-order valence-electron chi connectivity index (χ2n) is 10.3. The van der Waals surface area contributed by atoms with E-state index in [9.17, 15) is 49.8 Å². The normalized spacial score (nSPS) is 34.8. The van der Waals surface area contributed by atoms with Crippen molar-refractivity contribution in [1.82, 2.24) is 10.4 Å².